The van der Waals surface area contributed by atoms with Gasteiger partial charge in [0, 0.05) is 32.5 Å². The quantitative estimate of drug-likeness (QED) is 0.243. The Bertz CT molecular complexity index is 911. The van der Waals surface area contributed by atoms with Crippen LogP contribution in [0, 0.1) is 5.92 Å². The van der Waals surface area contributed by atoms with Crippen molar-refractivity contribution in [1.82, 2.24) is 0 Å². The highest BCUT2D eigenvalue weighted by atomic mass is 19.1. The normalized spacial score (nSPS) is 37.8. The molecule has 1 aliphatic heterocycles. The van der Waals surface area contributed by atoms with Gasteiger partial charge in [-0.15, -0.1) is 0 Å². The van der Waals surface area contributed by atoms with Gasteiger partial charge in [-0.1, -0.05) is 27.4 Å². The van der Waals surface area contributed by atoms with Gasteiger partial charge in [0.1, 0.15) is 24.4 Å². The van der Waals surface area contributed by atoms with Gasteiger partial charge < -0.3 is 19.3 Å². The van der Waals surface area contributed by atoms with Crippen molar-refractivity contribution in [3.63, 3.8) is 0 Å². The lowest BCUT2D eigenvalue weighted by atomic mass is 9.84. The average Bonchev–Trinajstić information content (AvgIpc) is 2.77. The highest BCUT2D eigenvalue weighted by Crippen LogP contribution is 2.36. The van der Waals surface area contributed by atoms with Gasteiger partial charge in [-0.3, -0.25) is 4.79 Å². The minimum Gasteiger partial charge on any atom is -0.459 e. The second kappa shape index (κ2) is 11.9. The molecule has 0 aromatic rings. The molecule has 0 radical (unpaired) electrons. The molecule has 0 aromatic carbocycles. The molecule has 2 rings (SSSR count). The van der Waals surface area contributed by atoms with E-state index in [4.69, 9.17) is 36.3 Å². The lowest BCUT2D eigenvalue weighted by molar-refractivity contribution is -0.272. The zero-order valence-corrected chi connectivity index (χ0v) is 17.5. The van der Waals surface area contributed by atoms with E-state index in [1.807, 2.05) is 0 Å². The Balaban J connectivity index is 2.41. The maximum Gasteiger partial charge on any atom is 0.303 e. The molecule has 0 unspecified atom stereocenters. The van der Waals surface area contributed by atoms with E-state index in [1.54, 1.807) is 0 Å². The van der Waals surface area contributed by atoms with Crippen molar-refractivity contribution >= 4 is 5.97 Å². The van der Waals surface area contributed by atoms with Gasteiger partial charge in [-0.05, 0) is 28.5 Å². The highest BCUT2D eigenvalue weighted by molar-refractivity contribution is 5.66. The number of carbonyl (C=O) groups excluding carboxylic acids is 1. The minimum atomic E-state index is -1.77. The SMILES string of the molecule is CC(=O)O[C@@H]1[C@@H](O)[C@H](O[C@H]2O[C@H](CN=[N+]=[N-])[C@@H](C)[C@H](F)[C@H]2N=[N+]=[N-])[C@@H](N=[N+]=[N-])C[C@H]1N=[N+]=[N-]. The molecule has 1 saturated carbocycles. The van der Waals surface area contributed by atoms with Crippen LogP contribution in [-0.2, 0) is 19.0 Å². The van der Waals surface area contributed by atoms with Crippen LogP contribution in [0.2, 0.25) is 0 Å². The molecular weight excluding hydrogens is 447 g/mol. The molecule has 0 aromatic heterocycles. The summed E-state index contributed by atoms with van der Waals surface area (Å²) >= 11 is 0. The lowest BCUT2D eigenvalue weighted by Gasteiger charge is -2.45. The fourth-order valence-electron chi connectivity index (χ4n) is 3.84. The first-order chi connectivity index (χ1) is 15.8. The van der Waals surface area contributed by atoms with Crippen molar-refractivity contribution in [2.24, 2.45) is 26.4 Å². The number of hydrogen-bond donors (Lipinski definition) is 1. The van der Waals surface area contributed by atoms with E-state index in [2.05, 4.69) is 40.1 Å². The van der Waals surface area contributed by atoms with Crippen LogP contribution in [0.3, 0.4) is 0 Å². The first kappa shape index (κ1) is 25.8. The average molecular weight is 468 g/mol. The number of rotatable bonds is 8. The third-order valence-corrected chi connectivity index (χ3v) is 5.42. The molecule has 10 atom stereocenters. The Morgan fingerprint density at radius 3 is 2.24 bits per heavy atom. The summed E-state index contributed by atoms with van der Waals surface area (Å²) in [5.41, 5.74) is 35.2. The van der Waals surface area contributed by atoms with Crippen LogP contribution in [0.25, 0.3) is 41.8 Å². The fraction of sp³-hybridized carbons (Fsp3) is 0.933. The standard InChI is InChI=1S/C15H21FN12O5/c1-5-9(4-21-25-17)32-15(11(10(5)16)24-28-20)33-14-8(23-27-19)3-7(22-26-18)13(12(14)30)31-6(2)29/h5,7-15,30H,3-4H2,1-2H3/t5-,7-,8+,9-,10+,11-,12-,13+,14-,15-/m1/s1. The number of hydrogen-bond acceptors (Lipinski definition) is 9. The second-order valence-corrected chi connectivity index (χ2v) is 7.40. The van der Waals surface area contributed by atoms with Crippen molar-refractivity contribution in [3.8, 4) is 0 Å². The van der Waals surface area contributed by atoms with E-state index in [-0.39, 0.29) is 13.0 Å². The molecule has 2 aliphatic rings. The molecule has 0 amide bonds. The molecular formula is C15H21FN12O5. The van der Waals surface area contributed by atoms with E-state index in [9.17, 15) is 9.90 Å². The number of azide groups is 4. The zero-order chi connectivity index (χ0) is 24.5. The number of nitrogens with zero attached hydrogens (tertiary/aromatic N) is 12. The molecule has 1 saturated heterocycles. The second-order valence-electron chi connectivity index (χ2n) is 7.40. The Morgan fingerprint density at radius 2 is 1.70 bits per heavy atom. The van der Waals surface area contributed by atoms with Crippen LogP contribution in [0.4, 0.5) is 4.39 Å². The van der Waals surface area contributed by atoms with Gasteiger partial charge in [0.15, 0.2) is 6.29 Å². The number of aliphatic hydroxyl groups is 1. The monoisotopic (exact) mass is 468 g/mol. The molecule has 1 N–H and O–H groups in total. The fourth-order valence-corrected chi connectivity index (χ4v) is 3.84. The van der Waals surface area contributed by atoms with Gasteiger partial charge in [-0.2, -0.15) is 0 Å². The first-order valence-corrected chi connectivity index (χ1v) is 9.72. The Kier molecular flexibility index (Phi) is 9.33. The summed E-state index contributed by atoms with van der Waals surface area (Å²) in [5, 5.41) is 24.7. The van der Waals surface area contributed by atoms with Crippen LogP contribution in [-0.4, -0.2) is 72.6 Å². The number of aliphatic hydroxyl groups excluding tert-OH is 1. The number of halogens is 1. The maximum atomic E-state index is 15.0. The van der Waals surface area contributed by atoms with Crippen molar-refractivity contribution in [1.29, 1.82) is 0 Å². The lowest BCUT2D eigenvalue weighted by Crippen LogP contribution is -2.60. The van der Waals surface area contributed by atoms with Crippen molar-refractivity contribution < 1.29 is 28.5 Å². The van der Waals surface area contributed by atoms with Gasteiger partial charge >= 0.3 is 5.97 Å². The predicted molar refractivity (Wildman–Crippen MR) is 107 cm³/mol. The molecule has 18 heteroatoms. The minimum absolute atomic E-state index is 0.176. The topological polar surface area (TPSA) is 260 Å². The van der Waals surface area contributed by atoms with E-state index in [1.165, 1.54) is 6.92 Å². The van der Waals surface area contributed by atoms with E-state index >= 15 is 4.39 Å². The molecule has 178 valence electrons. The number of alkyl halides is 1. The summed E-state index contributed by atoms with van der Waals surface area (Å²) in [6.45, 7) is 2.30. The van der Waals surface area contributed by atoms with E-state index in [0.717, 1.165) is 6.92 Å². The van der Waals surface area contributed by atoms with Crippen LogP contribution in [0.5, 0.6) is 0 Å². The highest BCUT2D eigenvalue weighted by Gasteiger charge is 2.51. The van der Waals surface area contributed by atoms with Crippen LogP contribution in [0.1, 0.15) is 20.3 Å². The molecule has 1 heterocycles. The van der Waals surface area contributed by atoms with Crippen LogP contribution >= 0.6 is 0 Å². The molecule has 0 spiro atoms. The largest absolute Gasteiger partial charge is 0.459 e. The molecule has 2 fully saturated rings. The third kappa shape index (κ3) is 6.06. The molecule has 33 heavy (non-hydrogen) atoms. The summed E-state index contributed by atoms with van der Waals surface area (Å²) in [6, 6.07) is -3.72. The molecule has 1 aliphatic carbocycles. The van der Waals surface area contributed by atoms with Gasteiger partial charge in [0.2, 0.25) is 0 Å². The summed E-state index contributed by atoms with van der Waals surface area (Å²) in [5.74, 6) is -1.62. The number of ether oxygens (including phenoxy) is 3. The van der Waals surface area contributed by atoms with Crippen molar-refractivity contribution in [2.45, 2.75) is 75.3 Å². The van der Waals surface area contributed by atoms with E-state index in [0.29, 0.717) is 0 Å². The van der Waals surface area contributed by atoms with Gasteiger partial charge in [0.25, 0.3) is 0 Å². The Labute approximate surface area is 185 Å². The number of carbonyl (C=O) groups is 1. The Morgan fingerprint density at radius 1 is 1.09 bits per heavy atom. The summed E-state index contributed by atoms with van der Waals surface area (Å²) in [4.78, 5) is 22.1. The van der Waals surface area contributed by atoms with E-state index < -0.39 is 66.9 Å². The number of esters is 1. The summed E-state index contributed by atoms with van der Waals surface area (Å²) < 4.78 is 31.5. The van der Waals surface area contributed by atoms with Gasteiger partial charge in [-0.25, -0.2) is 4.39 Å². The third-order valence-electron chi connectivity index (χ3n) is 5.42. The summed E-state index contributed by atoms with van der Waals surface area (Å²) in [7, 11) is 0. The maximum absolute atomic E-state index is 15.0. The van der Waals surface area contributed by atoms with Crippen molar-refractivity contribution in [3.05, 3.63) is 41.8 Å². The van der Waals surface area contributed by atoms with Crippen molar-refractivity contribution in [2.75, 3.05) is 6.54 Å². The van der Waals surface area contributed by atoms with Gasteiger partial charge in [0.05, 0.1) is 30.8 Å². The summed E-state index contributed by atoms with van der Waals surface area (Å²) in [6.07, 6.45) is -8.94. The smallest absolute Gasteiger partial charge is 0.303 e. The predicted octanol–water partition coefficient (Wildman–Crippen LogP) is 3.11. The molecule has 0 bridgehead atoms. The first-order valence-electron chi connectivity index (χ1n) is 9.72. The van der Waals surface area contributed by atoms with Crippen LogP contribution in [0.15, 0.2) is 20.5 Å². The zero-order valence-electron chi connectivity index (χ0n) is 17.5. The Hall–Kier alpha value is -3.48. The molecule has 17 nitrogen and oxygen atoms in total. The van der Waals surface area contributed by atoms with Crippen LogP contribution < -0.4 is 0 Å².